The molecule has 2 aromatic carbocycles. The fourth-order valence-electron chi connectivity index (χ4n) is 6.81. The van der Waals surface area contributed by atoms with Crippen molar-refractivity contribution < 1.29 is 33.7 Å². The summed E-state index contributed by atoms with van der Waals surface area (Å²) in [4.78, 5) is 42.5. The first-order valence-corrected chi connectivity index (χ1v) is 15.7. The maximum absolute atomic E-state index is 14.2. The van der Waals surface area contributed by atoms with Crippen molar-refractivity contribution in [1.82, 2.24) is 15.5 Å². The van der Waals surface area contributed by atoms with Crippen LogP contribution in [0, 0.1) is 0 Å². The van der Waals surface area contributed by atoms with E-state index in [4.69, 9.17) is 14.2 Å². The molecule has 242 valence electrons. The van der Waals surface area contributed by atoms with E-state index in [1.54, 1.807) is 51.0 Å². The minimum atomic E-state index is -1.05. The molecule has 0 bridgehead atoms. The molecule has 1 saturated heterocycles. The number of nitrogens with zero attached hydrogens (tertiary/aromatic N) is 1. The fourth-order valence-corrected chi connectivity index (χ4v) is 6.81. The quantitative estimate of drug-likeness (QED) is 0.292. The Hall–Kier alpha value is -3.89. The zero-order valence-electron chi connectivity index (χ0n) is 27.2. The maximum atomic E-state index is 14.2. The van der Waals surface area contributed by atoms with E-state index in [-0.39, 0.29) is 24.8 Å². The van der Waals surface area contributed by atoms with Crippen LogP contribution in [0.1, 0.15) is 99.9 Å². The van der Waals surface area contributed by atoms with E-state index in [1.807, 2.05) is 45.0 Å². The Kier molecular flexibility index (Phi) is 8.76. The molecule has 10 heteroatoms. The van der Waals surface area contributed by atoms with E-state index in [9.17, 15) is 19.5 Å². The molecule has 0 unspecified atom stereocenters. The third kappa shape index (κ3) is 6.31. The zero-order chi connectivity index (χ0) is 32.7. The molecular formula is C35H45N3O7. The number of benzene rings is 2. The van der Waals surface area contributed by atoms with Gasteiger partial charge in [-0.15, -0.1) is 0 Å². The van der Waals surface area contributed by atoms with Crippen molar-refractivity contribution in [1.29, 1.82) is 0 Å². The Morgan fingerprint density at radius 3 is 2.53 bits per heavy atom. The van der Waals surface area contributed by atoms with Crippen LogP contribution in [0.2, 0.25) is 0 Å². The standard InChI is InChI=1S/C35H45N3O7/c1-8-35(9-2)19-28(40)38(27(37-35)18-29(41)45-33(3,4)5)31-24-16-22(14-15-26(24)44-34(31,6)20-43-7)32(42)36-30-23-13-11-10-12-21(23)17-25(30)39/h10-16,18,25,30-31,37,39H,8-9,17,19-20H2,1-7H3,(H,36,42)/b27-18+/t25-,30-,31+,34+/m1/s1. The predicted octanol–water partition coefficient (Wildman–Crippen LogP) is 4.48. The lowest BCUT2D eigenvalue weighted by molar-refractivity contribution is -0.149. The Morgan fingerprint density at radius 2 is 1.87 bits per heavy atom. The smallest absolute Gasteiger partial charge is 0.334 e. The molecule has 10 nitrogen and oxygen atoms in total. The summed E-state index contributed by atoms with van der Waals surface area (Å²) in [5, 5.41) is 17.3. The van der Waals surface area contributed by atoms with Gasteiger partial charge in [0.2, 0.25) is 5.91 Å². The fraction of sp³-hybridized carbons (Fsp3) is 0.514. The summed E-state index contributed by atoms with van der Waals surface area (Å²) in [5.41, 5.74) is 0.548. The molecule has 4 atom stereocenters. The Balaban J connectivity index is 1.55. The summed E-state index contributed by atoms with van der Waals surface area (Å²) >= 11 is 0. The number of nitrogens with one attached hydrogen (secondary N) is 2. The van der Waals surface area contributed by atoms with Crippen molar-refractivity contribution in [2.75, 3.05) is 13.7 Å². The lowest BCUT2D eigenvalue weighted by Gasteiger charge is -2.48. The van der Waals surface area contributed by atoms with Crippen LogP contribution < -0.4 is 15.4 Å². The topological polar surface area (TPSA) is 126 Å². The summed E-state index contributed by atoms with van der Waals surface area (Å²) in [6.07, 6.45) is 2.61. The molecule has 1 aliphatic carbocycles. The number of hydrogen-bond donors (Lipinski definition) is 3. The number of ether oxygens (including phenoxy) is 3. The molecule has 0 aromatic heterocycles. The van der Waals surface area contributed by atoms with E-state index in [0.29, 0.717) is 42.0 Å². The van der Waals surface area contributed by atoms with Crippen LogP contribution in [0.5, 0.6) is 5.75 Å². The lowest BCUT2D eigenvalue weighted by atomic mass is 9.83. The lowest BCUT2D eigenvalue weighted by Crippen LogP contribution is -2.60. The van der Waals surface area contributed by atoms with Gasteiger partial charge >= 0.3 is 5.97 Å². The van der Waals surface area contributed by atoms with Crippen LogP contribution in [0.25, 0.3) is 0 Å². The number of carbonyl (C=O) groups excluding carboxylic acids is 3. The van der Waals surface area contributed by atoms with E-state index < -0.39 is 40.9 Å². The number of methoxy groups -OCH3 is 1. The van der Waals surface area contributed by atoms with E-state index in [0.717, 1.165) is 11.1 Å². The maximum Gasteiger partial charge on any atom is 0.334 e. The van der Waals surface area contributed by atoms with Crippen LogP contribution in [-0.4, -0.2) is 64.4 Å². The SMILES string of the molecule is CCC1(CC)CC(=O)N([C@H]2c3cc(C(=O)N[C@@H]4c5ccccc5C[C@H]4O)ccc3O[C@@]2(C)COC)/C(=C/C(=O)OC(C)(C)C)N1. The molecule has 0 radical (unpaired) electrons. The first-order chi connectivity index (χ1) is 21.2. The second-order valence-corrected chi connectivity index (χ2v) is 13.5. The first-order valence-electron chi connectivity index (χ1n) is 15.7. The van der Waals surface area contributed by atoms with Gasteiger partial charge in [0.15, 0.2) is 5.60 Å². The molecule has 2 aromatic rings. The zero-order valence-corrected chi connectivity index (χ0v) is 27.2. The number of carbonyl (C=O) groups is 3. The highest BCUT2D eigenvalue weighted by Crippen LogP contribution is 2.50. The monoisotopic (exact) mass is 619 g/mol. The molecule has 3 N–H and O–H groups in total. The van der Waals surface area contributed by atoms with Crippen molar-refractivity contribution in [2.45, 2.75) is 102 Å². The molecule has 2 aliphatic heterocycles. The van der Waals surface area contributed by atoms with Crippen molar-refractivity contribution in [3.63, 3.8) is 0 Å². The van der Waals surface area contributed by atoms with Crippen LogP contribution >= 0.6 is 0 Å². The van der Waals surface area contributed by atoms with E-state index in [2.05, 4.69) is 10.6 Å². The molecule has 5 rings (SSSR count). The van der Waals surface area contributed by atoms with Gasteiger partial charge in [-0.25, -0.2) is 4.79 Å². The van der Waals surface area contributed by atoms with E-state index >= 15 is 0 Å². The molecule has 0 spiro atoms. The van der Waals surface area contributed by atoms with E-state index in [1.165, 1.54) is 6.08 Å². The van der Waals surface area contributed by atoms with Gasteiger partial charge in [-0.3, -0.25) is 14.5 Å². The third-order valence-electron chi connectivity index (χ3n) is 9.09. The van der Waals surface area contributed by atoms with Gasteiger partial charge in [0.1, 0.15) is 23.2 Å². The van der Waals surface area contributed by atoms with Gasteiger partial charge in [-0.05, 0) is 69.9 Å². The molecule has 2 amide bonds. The average Bonchev–Trinajstić information content (AvgIpc) is 3.43. The van der Waals surface area contributed by atoms with Gasteiger partial charge in [0, 0.05) is 30.2 Å². The van der Waals surface area contributed by atoms with Gasteiger partial charge < -0.3 is 30.0 Å². The average molecular weight is 620 g/mol. The number of hydrogen-bond acceptors (Lipinski definition) is 8. The summed E-state index contributed by atoms with van der Waals surface area (Å²) in [6.45, 7) is 11.4. The second-order valence-electron chi connectivity index (χ2n) is 13.5. The highest BCUT2D eigenvalue weighted by Gasteiger charge is 2.54. The molecule has 45 heavy (non-hydrogen) atoms. The Morgan fingerprint density at radius 1 is 1.16 bits per heavy atom. The van der Waals surface area contributed by atoms with Crippen molar-refractivity contribution in [3.8, 4) is 5.75 Å². The normalized spacial score (nSPS) is 26.1. The van der Waals surface area contributed by atoms with Gasteiger partial charge in [0.05, 0.1) is 31.2 Å². The summed E-state index contributed by atoms with van der Waals surface area (Å²) < 4.78 is 17.7. The molecule has 3 aliphatic rings. The minimum Gasteiger partial charge on any atom is -0.482 e. The van der Waals surface area contributed by atoms with Crippen LogP contribution in [0.15, 0.2) is 54.4 Å². The predicted molar refractivity (Wildman–Crippen MR) is 168 cm³/mol. The number of aliphatic hydroxyl groups is 1. The van der Waals surface area contributed by atoms with Crippen LogP contribution in [-0.2, 0) is 25.5 Å². The highest BCUT2D eigenvalue weighted by atomic mass is 16.6. The van der Waals surface area contributed by atoms with Gasteiger partial charge in [-0.1, -0.05) is 38.1 Å². The molecule has 2 heterocycles. The minimum absolute atomic E-state index is 0.134. The van der Waals surface area contributed by atoms with Crippen LogP contribution in [0.3, 0.4) is 0 Å². The third-order valence-corrected chi connectivity index (χ3v) is 9.09. The highest BCUT2D eigenvalue weighted by molar-refractivity contribution is 5.95. The Bertz CT molecular complexity index is 1510. The molecule has 0 saturated carbocycles. The van der Waals surface area contributed by atoms with Crippen LogP contribution in [0.4, 0.5) is 0 Å². The number of aliphatic hydroxyl groups excluding tert-OH is 1. The number of rotatable bonds is 8. The van der Waals surface area contributed by atoms with Crippen molar-refractivity contribution in [3.05, 3.63) is 76.6 Å². The summed E-state index contributed by atoms with van der Waals surface area (Å²) in [5.74, 6) is -0.303. The largest absolute Gasteiger partial charge is 0.482 e. The molecular weight excluding hydrogens is 574 g/mol. The van der Waals surface area contributed by atoms with Crippen molar-refractivity contribution in [2.24, 2.45) is 0 Å². The number of amides is 2. The molecule has 1 fully saturated rings. The summed E-state index contributed by atoms with van der Waals surface area (Å²) in [7, 11) is 1.56. The number of fused-ring (bicyclic) bond motifs is 2. The first kappa shape index (κ1) is 32.5. The van der Waals surface area contributed by atoms with Crippen molar-refractivity contribution >= 4 is 17.8 Å². The van der Waals surface area contributed by atoms with Gasteiger partial charge in [-0.2, -0.15) is 0 Å². The number of esters is 1. The second kappa shape index (κ2) is 12.1. The Labute approximate surface area is 265 Å². The summed E-state index contributed by atoms with van der Waals surface area (Å²) in [6, 6.07) is 11.5. The van der Waals surface area contributed by atoms with Gasteiger partial charge in [0.25, 0.3) is 5.91 Å².